The first-order chi connectivity index (χ1) is 7.22. The van der Waals surface area contributed by atoms with Crippen molar-refractivity contribution in [2.75, 3.05) is 0 Å². The second-order valence-electron chi connectivity index (χ2n) is 2.53. The molecule has 1 rings (SSSR count). The standard InChI is InChI=1S/C7H3F5INO2/c8-5(9)3-2(15)1-14-6(13)4(3)16-7(10,11)12/h1,5,15H. The number of hydrogen-bond donors (Lipinski definition) is 1. The van der Waals surface area contributed by atoms with Crippen LogP contribution in [0.4, 0.5) is 22.0 Å². The number of aromatic hydroxyl groups is 1. The van der Waals surface area contributed by atoms with Crippen LogP contribution in [0.15, 0.2) is 6.20 Å². The Kier molecular flexibility index (Phi) is 3.76. The van der Waals surface area contributed by atoms with E-state index in [1.54, 1.807) is 0 Å². The van der Waals surface area contributed by atoms with Crippen molar-refractivity contribution < 1.29 is 31.8 Å². The fourth-order valence-corrected chi connectivity index (χ4v) is 1.44. The molecular weight excluding hydrogens is 352 g/mol. The van der Waals surface area contributed by atoms with Crippen molar-refractivity contribution in [3.05, 3.63) is 15.5 Å². The van der Waals surface area contributed by atoms with E-state index in [9.17, 15) is 22.0 Å². The van der Waals surface area contributed by atoms with Gasteiger partial charge in [0.1, 0.15) is 15.0 Å². The molecule has 0 saturated heterocycles. The van der Waals surface area contributed by atoms with Crippen molar-refractivity contribution in [2.45, 2.75) is 12.8 Å². The summed E-state index contributed by atoms with van der Waals surface area (Å²) in [6.45, 7) is 0. The van der Waals surface area contributed by atoms with E-state index >= 15 is 0 Å². The van der Waals surface area contributed by atoms with Crippen LogP contribution in [0.1, 0.15) is 12.0 Å². The highest BCUT2D eigenvalue weighted by Gasteiger charge is 2.35. The Labute approximate surface area is 99.4 Å². The van der Waals surface area contributed by atoms with Gasteiger partial charge in [0, 0.05) is 0 Å². The zero-order chi connectivity index (χ0) is 12.5. The summed E-state index contributed by atoms with van der Waals surface area (Å²) < 4.78 is 63.5. The number of rotatable bonds is 2. The summed E-state index contributed by atoms with van der Waals surface area (Å²) in [5.41, 5.74) is -1.23. The van der Waals surface area contributed by atoms with Crippen LogP contribution in [0.5, 0.6) is 11.5 Å². The van der Waals surface area contributed by atoms with Crippen molar-refractivity contribution in [1.29, 1.82) is 0 Å². The van der Waals surface area contributed by atoms with Crippen LogP contribution in [0, 0.1) is 3.70 Å². The summed E-state index contributed by atoms with van der Waals surface area (Å²) in [5.74, 6) is -2.22. The maximum Gasteiger partial charge on any atom is 0.573 e. The van der Waals surface area contributed by atoms with Crippen LogP contribution >= 0.6 is 22.6 Å². The van der Waals surface area contributed by atoms with Crippen LogP contribution in [0.3, 0.4) is 0 Å². The van der Waals surface area contributed by atoms with Crippen LogP contribution in [-0.4, -0.2) is 16.5 Å². The van der Waals surface area contributed by atoms with Gasteiger partial charge in [-0.05, 0) is 22.6 Å². The predicted octanol–water partition coefficient (Wildman–Crippen LogP) is 3.23. The number of halogens is 6. The molecule has 1 N–H and O–H groups in total. The van der Waals surface area contributed by atoms with Gasteiger partial charge in [0.25, 0.3) is 6.43 Å². The quantitative estimate of drug-likeness (QED) is 0.503. The highest BCUT2D eigenvalue weighted by atomic mass is 127. The maximum atomic E-state index is 12.4. The third-order valence-electron chi connectivity index (χ3n) is 1.44. The van der Waals surface area contributed by atoms with E-state index in [-0.39, 0.29) is 0 Å². The normalized spacial score (nSPS) is 11.9. The molecule has 0 aromatic carbocycles. The lowest BCUT2D eigenvalue weighted by Gasteiger charge is -2.14. The zero-order valence-corrected chi connectivity index (χ0v) is 9.38. The lowest BCUT2D eigenvalue weighted by Crippen LogP contribution is -2.19. The van der Waals surface area contributed by atoms with Gasteiger partial charge in [-0.15, -0.1) is 13.2 Å². The average molecular weight is 355 g/mol. The van der Waals surface area contributed by atoms with Crippen molar-refractivity contribution in [2.24, 2.45) is 0 Å². The number of ether oxygens (including phenoxy) is 1. The molecule has 0 amide bonds. The first-order valence-corrected chi connectivity index (χ1v) is 4.71. The van der Waals surface area contributed by atoms with Gasteiger partial charge < -0.3 is 9.84 Å². The van der Waals surface area contributed by atoms with Gasteiger partial charge in [-0.3, -0.25) is 0 Å². The molecule has 0 unspecified atom stereocenters. The lowest BCUT2D eigenvalue weighted by atomic mass is 10.2. The molecule has 0 radical (unpaired) electrons. The summed E-state index contributed by atoms with van der Waals surface area (Å²) >= 11 is 1.30. The van der Waals surface area contributed by atoms with Crippen LogP contribution in [0.2, 0.25) is 0 Å². The van der Waals surface area contributed by atoms with E-state index < -0.39 is 33.6 Å². The van der Waals surface area contributed by atoms with E-state index in [1.165, 1.54) is 22.6 Å². The van der Waals surface area contributed by atoms with Gasteiger partial charge in [0.05, 0.1) is 6.20 Å². The molecule has 0 bridgehead atoms. The molecule has 9 heteroatoms. The summed E-state index contributed by atoms with van der Waals surface area (Å²) in [6, 6.07) is 0. The van der Waals surface area contributed by atoms with Gasteiger partial charge >= 0.3 is 6.36 Å². The molecular formula is C7H3F5INO2. The minimum Gasteiger partial charge on any atom is -0.506 e. The van der Waals surface area contributed by atoms with Crippen molar-refractivity contribution in [1.82, 2.24) is 4.98 Å². The Morgan fingerprint density at radius 1 is 1.38 bits per heavy atom. The van der Waals surface area contributed by atoms with Gasteiger partial charge in [-0.25, -0.2) is 13.8 Å². The molecule has 0 saturated carbocycles. The van der Waals surface area contributed by atoms with Crippen LogP contribution < -0.4 is 4.74 Å². The van der Waals surface area contributed by atoms with Gasteiger partial charge in [-0.1, -0.05) is 0 Å². The topological polar surface area (TPSA) is 42.4 Å². The Morgan fingerprint density at radius 2 is 1.94 bits per heavy atom. The largest absolute Gasteiger partial charge is 0.573 e. The monoisotopic (exact) mass is 355 g/mol. The lowest BCUT2D eigenvalue weighted by molar-refractivity contribution is -0.275. The Bertz CT molecular complexity index is 395. The fraction of sp³-hybridized carbons (Fsp3) is 0.286. The maximum absolute atomic E-state index is 12.4. The smallest absolute Gasteiger partial charge is 0.506 e. The molecule has 1 aromatic rings. The second kappa shape index (κ2) is 4.55. The van der Waals surface area contributed by atoms with Gasteiger partial charge in [-0.2, -0.15) is 0 Å². The van der Waals surface area contributed by atoms with Gasteiger partial charge in [0.15, 0.2) is 5.75 Å². The first kappa shape index (κ1) is 13.2. The van der Waals surface area contributed by atoms with E-state index in [1.807, 2.05) is 0 Å². The third kappa shape index (κ3) is 3.06. The number of nitrogens with zero attached hydrogens (tertiary/aromatic N) is 1. The third-order valence-corrected chi connectivity index (χ3v) is 2.21. The molecule has 0 aliphatic rings. The van der Waals surface area contributed by atoms with Crippen molar-refractivity contribution >= 4 is 22.6 Å². The minimum absolute atomic E-state index is 0.414. The second-order valence-corrected chi connectivity index (χ2v) is 3.55. The molecule has 1 aromatic heterocycles. The van der Waals surface area contributed by atoms with Crippen LogP contribution in [-0.2, 0) is 0 Å². The van der Waals surface area contributed by atoms with E-state index in [0.717, 1.165) is 0 Å². The highest BCUT2D eigenvalue weighted by Crippen LogP contribution is 2.40. The predicted molar refractivity (Wildman–Crippen MR) is 50.3 cm³/mol. The number of pyridine rings is 1. The summed E-state index contributed by atoms with van der Waals surface area (Å²) in [5, 5.41) is 8.99. The van der Waals surface area contributed by atoms with E-state index in [2.05, 4.69) is 9.72 Å². The molecule has 0 atom stereocenters. The summed E-state index contributed by atoms with van der Waals surface area (Å²) in [4.78, 5) is 3.28. The van der Waals surface area contributed by atoms with Crippen molar-refractivity contribution in [3.63, 3.8) is 0 Å². The van der Waals surface area contributed by atoms with Gasteiger partial charge in [0.2, 0.25) is 0 Å². The molecule has 90 valence electrons. The summed E-state index contributed by atoms with van der Waals surface area (Å²) in [6.07, 6.45) is -7.79. The number of aromatic nitrogens is 1. The Hall–Kier alpha value is -0.870. The molecule has 0 aliphatic carbocycles. The first-order valence-electron chi connectivity index (χ1n) is 3.63. The van der Waals surface area contributed by atoms with E-state index in [0.29, 0.717) is 6.20 Å². The Morgan fingerprint density at radius 3 is 2.38 bits per heavy atom. The molecule has 1 heterocycles. The Balaban J connectivity index is 3.29. The van der Waals surface area contributed by atoms with Crippen LogP contribution in [0.25, 0.3) is 0 Å². The minimum atomic E-state index is -5.13. The fourth-order valence-electron chi connectivity index (χ4n) is 0.897. The zero-order valence-electron chi connectivity index (χ0n) is 7.23. The van der Waals surface area contributed by atoms with E-state index in [4.69, 9.17) is 5.11 Å². The molecule has 0 fully saturated rings. The summed E-state index contributed by atoms with van der Waals surface area (Å²) in [7, 11) is 0. The number of hydrogen-bond acceptors (Lipinski definition) is 3. The molecule has 0 aliphatic heterocycles. The molecule has 0 spiro atoms. The van der Waals surface area contributed by atoms with Crippen molar-refractivity contribution in [3.8, 4) is 11.5 Å². The molecule has 16 heavy (non-hydrogen) atoms. The number of alkyl halides is 5. The molecule has 3 nitrogen and oxygen atoms in total. The average Bonchev–Trinajstić information content (AvgIpc) is 2.08. The SMILES string of the molecule is Oc1cnc(I)c(OC(F)(F)F)c1C(F)F. The highest BCUT2D eigenvalue weighted by molar-refractivity contribution is 14.1.